The summed E-state index contributed by atoms with van der Waals surface area (Å²) in [6, 6.07) is 8.15. The van der Waals surface area contributed by atoms with Crippen LogP contribution in [0.4, 0.5) is 0 Å². The van der Waals surface area contributed by atoms with Crippen molar-refractivity contribution >= 4 is 0 Å². The normalized spacial score (nSPS) is 12.1. The lowest BCUT2D eigenvalue weighted by atomic mass is 10.1. The Balaban J connectivity index is 2.51. The molecule has 0 amide bonds. The van der Waals surface area contributed by atoms with Gasteiger partial charge in [-0.25, -0.2) is 0 Å². The minimum atomic E-state index is 0.188. The zero-order valence-electron chi connectivity index (χ0n) is 10.9. The maximum atomic E-state index is 5.93. The third kappa shape index (κ3) is 5.05. The van der Waals surface area contributed by atoms with Gasteiger partial charge >= 0.3 is 0 Å². The van der Waals surface area contributed by atoms with Crippen LogP contribution in [0.2, 0.25) is 0 Å². The van der Waals surface area contributed by atoms with Gasteiger partial charge < -0.3 is 10.1 Å². The van der Waals surface area contributed by atoms with Crippen molar-refractivity contribution in [1.29, 1.82) is 0 Å². The first-order valence-electron chi connectivity index (χ1n) is 6.34. The first-order chi connectivity index (χ1) is 8.27. The van der Waals surface area contributed by atoms with E-state index in [9.17, 15) is 0 Å². The number of nitrogens with one attached hydrogen (secondary N) is 1. The summed E-state index contributed by atoms with van der Waals surface area (Å²) in [5.74, 6) is 0.971. The minimum Gasteiger partial charge on any atom is -0.489 e. The number of rotatable bonds is 8. The molecule has 0 aliphatic rings. The summed E-state index contributed by atoms with van der Waals surface area (Å²) in [4.78, 5) is 0. The van der Waals surface area contributed by atoms with Crippen molar-refractivity contribution in [3.8, 4) is 5.75 Å². The van der Waals surface area contributed by atoms with Crippen molar-refractivity contribution in [1.82, 2.24) is 5.32 Å². The molecule has 0 heterocycles. The van der Waals surface area contributed by atoms with Crippen molar-refractivity contribution in [3.05, 3.63) is 42.5 Å². The Morgan fingerprint density at radius 3 is 2.88 bits per heavy atom. The van der Waals surface area contributed by atoms with Crippen molar-refractivity contribution in [2.24, 2.45) is 0 Å². The van der Waals surface area contributed by atoms with Crippen molar-refractivity contribution in [2.75, 3.05) is 13.1 Å². The van der Waals surface area contributed by atoms with Crippen molar-refractivity contribution in [2.45, 2.75) is 32.8 Å². The maximum Gasteiger partial charge on any atom is 0.123 e. The molecule has 17 heavy (non-hydrogen) atoms. The van der Waals surface area contributed by atoms with Crippen LogP contribution < -0.4 is 10.1 Å². The molecule has 1 rings (SSSR count). The van der Waals surface area contributed by atoms with Gasteiger partial charge in [0.2, 0.25) is 0 Å². The summed E-state index contributed by atoms with van der Waals surface area (Å²) in [7, 11) is 0. The number of benzene rings is 1. The lowest BCUT2D eigenvalue weighted by Crippen LogP contribution is -2.29. The molecule has 0 aliphatic carbocycles. The van der Waals surface area contributed by atoms with Gasteiger partial charge in [-0.2, -0.15) is 0 Å². The Labute approximate surface area is 105 Å². The van der Waals surface area contributed by atoms with Crippen molar-refractivity contribution < 1.29 is 4.74 Å². The van der Waals surface area contributed by atoms with Gasteiger partial charge in [-0.05, 0) is 37.9 Å². The van der Waals surface area contributed by atoms with E-state index in [2.05, 4.69) is 31.8 Å². The second-order valence-electron chi connectivity index (χ2n) is 4.23. The average Bonchev–Trinajstić information content (AvgIpc) is 2.32. The molecule has 94 valence electrons. The third-order valence-corrected chi connectivity index (χ3v) is 2.52. The molecule has 1 unspecified atom stereocenters. The molecule has 0 saturated heterocycles. The number of para-hydroxylation sites is 1. The molecule has 2 nitrogen and oxygen atoms in total. The quantitative estimate of drug-likeness (QED) is 0.550. The summed E-state index contributed by atoms with van der Waals surface area (Å²) in [5.41, 5.74) is 1.20. The highest BCUT2D eigenvalue weighted by atomic mass is 16.5. The standard InChI is InChI=1S/C15H23NO/c1-4-8-14-9-6-7-10-15(14)17-13(3)12-16-11-5-2/h4,6-7,9-10,13,16H,1,5,8,11-12H2,2-3H3. The zero-order chi connectivity index (χ0) is 12.5. The Kier molecular flexibility index (Phi) is 6.41. The Morgan fingerprint density at radius 2 is 2.18 bits per heavy atom. The molecule has 1 aromatic carbocycles. The monoisotopic (exact) mass is 233 g/mol. The molecule has 0 aromatic heterocycles. The highest BCUT2D eigenvalue weighted by Crippen LogP contribution is 2.19. The molecule has 0 radical (unpaired) electrons. The van der Waals surface area contributed by atoms with Crippen molar-refractivity contribution in [3.63, 3.8) is 0 Å². The largest absolute Gasteiger partial charge is 0.489 e. The molecular formula is C15H23NO. The Hall–Kier alpha value is -1.28. The first-order valence-corrected chi connectivity index (χ1v) is 6.34. The van der Waals surface area contributed by atoms with Gasteiger partial charge in [0.25, 0.3) is 0 Å². The van der Waals surface area contributed by atoms with Crippen LogP contribution in [0.15, 0.2) is 36.9 Å². The minimum absolute atomic E-state index is 0.188. The Bertz CT molecular complexity index is 335. The van der Waals surface area contributed by atoms with Gasteiger partial charge in [0.15, 0.2) is 0 Å². The number of hydrogen-bond donors (Lipinski definition) is 1. The van der Waals surface area contributed by atoms with Crippen LogP contribution in [0, 0.1) is 0 Å². The SMILES string of the molecule is C=CCc1ccccc1OC(C)CNCCC. The Morgan fingerprint density at radius 1 is 1.41 bits per heavy atom. The summed E-state index contributed by atoms with van der Waals surface area (Å²) >= 11 is 0. The smallest absolute Gasteiger partial charge is 0.123 e. The maximum absolute atomic E-state index is 5.93. The van der Waals surface area contributed by atoms with E-state index in [1.165, 1.54) is 5.56 Å². The molecule has 1 atom stereocenters. The number of hydrogen-bond acceptors (Lipinski definition) is 2. The van der Waals surface area contributed by atoms with E-state index in [0.29, 0.717) is 0 Å². The summed E-state index contributed by atoms with van der Waals surface area (Å²) in [6.45, 7) is 9.95. The zero-order valence-corrected chi connectivity index (χ0v) is 10.9. The van der Waals surface area contributed by atoms with Gasteiger partial charge in [-0.1, -0.05) is 31.2 Å². The van der Waals surface area contributed by atoms with Gasteiger partial charge in [-0.3, -0.25) is 0 Å². The number of ether oxygens (including phenoxy) is 1. The molecule has 0 spiro atoms. The van der Waals surface area contributed by atoms with E-state index in [0.717, 1.165) is 31.7 Å². The van der Waals surface area contributed by atoms with Crippen LogP contribution >= 0.6 is 0 Å². The molecule has 0 saturated carbocycles. The van der Waals surface area contributed by atoms with Crippen LogP contribution in [0.3, 0.4) is 0 Å². The summed E-state index contributed by atoms with van der Waals surface area (Å²) in [6.07, 6.45) is 4.10. The fourth-order valence-electron chi connectivity index (χ4n) is 1.68. The number of allylic oxidation sites excluding steroid dienone is 1. The highest BCUT2D eigenvalue weighted by molar-refractivity contribution is 5.34. The second kappa shape index (κ2) is 7.91. The fourth-order valence-corrected chi connectivity index (χ4v) is 1.68. The van der Waals surface area contributed by atoms with E-state index in [1.54, 1.807) is 0 Å². The lowest BCUT2D eigenvalue weighted by Gasteiger charge is -2.17. The molecule has 1 N–H and O–H groups in total. The van der Waals surface area contributed by atoms with Crippen LogP contribution in [-0.2, 0) is 6.42 Å². The van der Waals surface area contributed by atoms with Crippen LogP contribution in [-0.4, -0.2) is 19.2 Å². The molecule has 0 bridgehead atoms. The molecule has 0 fully saturated rings. The molecular weight excluding hydrogens is 210 g/mol. The summed E-state index contributed by atoms with van der Waals surface area (Å²) < 4.78 is 5.93. The van der Waals surface area contributed by atoms with E-state index in [-0.39, 0.29) is 6.10 Å². The third-order valence-electron chi connectivity index (χ3n) is 2.52. The van der Waals surface area contributed by atoms with Gasteiger partial charge in [0, 0.05) is 6.54 Å². The second-order valence-corrected chi connectivity index (χ2v) is 4.23. The van der Waals surface area contributed by atoms with E-state index >= 15 is 0 Å². The fraction of sp³-hybridized carbons (Fsp3) is 0.467. The van der Waals surface area contributed by atoms with Gasteiger partial charge in [0.1, 0.15) is 11.9 Å². The van der Waals surface area contributed by atoms with E-state index < -0.39 is 0 Å². The van der Waals surface area contributed by atoms with E-state index in [1.807, 2.05) is 24.3 Å². The molecule has 0 aliphatic heterocycles. The summed E-state index contributed by atoms with van der Waals surface area (Å²) in [5, 5.41) is 3.36. The van der Waals surface area contributed by atoms with Gasteiger partial charge in [0.05, 0.1) is 0 Å². The first kappa shape index (κ1) is 13.8. The van der Waals surface area contributed by atoms with Crippen LogP contribution in [0.1, 0.15) is 25.8 Å². The molecule has 1 aromatic rings. The predicted molar refractivity (Wildman–Crippen MR) is 73.6 cm³/mol. The molecule has 2 heteroatoms. The van der Waals surface area contributed by atoms with Crippen LogP contribution in [0.25, 0.3) is 0 Å². The lowest BCUT2D eigenvalue weighted by molar-refractivity contribution is 0.215. The predicted octanol–water partition coefficient (Wildman–Crippen LogP) is 3.18. The highest BCUT2D eigenvalue weighted by Gasteiger charge is 2.06. The van der Waals surface area contributed by atoms with E-state index in [4.69, 9.17) is 4.74 Å². The topological polar surface area (TPSA) is 21.3 Å². The van der Waals surface area contributed by atoms with Crippen LogP contribution in [0.5, 0.6) is 5.75 Å². The average molecular weight is 233 g/mol. The van der Waals surface area contributed by atoms with Gasteiger partial charge in [-0.15, -0.1) is 6.58 Å².